The summed E-state index contributed by atoms with van der Waals surface area (Å²) in [5.41, 5.74) is 0.962. The molecule has 0 radical (unpaired) electrons. The average molecular weight is 356 g/mol. The molecule has 2 rings (SSSR count). The van der Waals surface area contributed by atoms with Gasteiger partial charge in [0.1, 0.15) is 11.8 Å². The monoisotopic (exact) mass is 356 g/mol. The lowest BCUT2D eigenvalue weighted by Gasteiger charge is -2.09. The first kappa shape index (κ1) is 18.4. The number of esters is 1. The Balaban J connectivity index is 1.97. The highest BCUT2D eigenvalue weighted by molar-refractivity contribution is 8.00. The zero-order chi connectivity index (χ0) is 18.1. The van der Waals surface area contributed by atoms with Crippen molar-refractivity contribution < 1.29 is 19.1 Å². The molecule has 128 valence electrons. The maximum Gasteiger partial charge on any atom is 0.340 e. The van der Waals surface area contributed by atoms with Crippen LogP contribution in [0.15, 0.2) is 53.4 Å². The molecular formula is C18H16N2O4S. The lowest BCUT2D eigenvalue weighted by molar-refractivity contribution is -0.113. The van der Waals surface area contributed by atoms with Gasteiger partial charge in [-0.05, 0) is 24.3 Å². The second kappa shape index (κ2) is 9.35. The van der Waals surface area contributed by atoms with E-state index >= 15 is 0 Å². The van der Waals surface area contributed by atoms with Crippen LogP contribution < -0.4 is 10.1 Å². The third kappa shape index (κ3) is 5.55. The topological polar surface area (TPSA) is 88.4 Å². The van der Waals surface area contributed by atoms with Crippen LogP contribution in [0.3, 0.4) is 0 Å². The van der Waals surface area contributed by atoms with Crippen molar-refractivity contribution in [1.82, 2.24) is 0 Å². The Morgan fingerprint density at radius 2 is 2.00 bits per heavy atom. The molecule has 0 atom stereocenters. The van der Waals surface area contributed by atoms with Crippen molar-refractivity contribution in [2.75, 3.05) is 24.8 Å². The molecule has 25 heavy (non-hydrogen) atoms. The standard InChI is InChI=1S/C18H16N2O4S/c1-23-14-6-4-5-13(11-14)20-17(21)12-25-16-8-3-2-7-15(16)18(22)24-10-9-19/h2-8,11H,10,12H2,1H3,(H,20,21). The summed E-state index contributed by atoms with van der Waals surface area (Å²) in [5, 5.41) is 11.3. The molecule has 0 spiro atoms. The average Bonchev–Trinajstić information content (AvgIpc) is 2.64. The summed E-state index contributed by atoms with van der Waals surface area (Å²) in [7, 11) is 1.55. The normalized spacial score (nSPS) is 9.76. The number of benzene rings is 2. The SMILES string of the molecule is COc1cccc(NC(=O)CSc2ccccc2C(=O)OCC#N)c1. The molecule has 0 heterocycles. The molecule has 1 N–H and O–H groups in total. The highest BCUT2D eigenvalue weighted by atomic mass is 32.2. The van der Waals surface area contributed by atoms with E-state index in [9.17, 15) is 9.59 Å². The van der Waals surface area contributed by atoms with Gasteiger partial charge in [0, 0.05) is 16.6 Å². The fourth-order valence-electron chi connectivity index (χ4n) is 1.98. The van der Waals surface area contributed by atoms with Gasteiger partial charge in [-0.15, -0.1) is 11.8 Å². The second-order valence-corrected chi connectivity index (χ2v) is 5.82. The number of nitrogens with one attached hydrogen (secondary N) is 1. The summed E-state index contributed by atoms with van der Waals surface area (Å²) in [6.07, 6.45) is 0. The van der Waals surface area contributed by atoms with Gasteiger partial charge in [0.25, 0.3) is 0 Å². The van der Waals surface area contributed by atoms with Gasteiger partial charge < -0.3 is 14.8 Å². The number of carbonyl (C=O) groups is 2. The van der Waals surface area contributed by atoms with Crippen molar-refractivity contribution in [1.29, 1.82) is 5.26 Å². The van der Waals surface area contributed by atoms with E-state index in [1.807, 2.05) is 0 Å². The second-order valence-electron chi connectivity index (χ2n) is 4.80. The van der Waals surface area contributed by atoms with Crippen LogP contribution in [0.1, 0.15) is 10.4 Å². The lowest BCUT2D eigenvalue weighted by atomic mass is 10.2. The highest BCUT2D eigenvalue weighted by Gasteiger charge is 2.14. The van der Waals surface area contributed by atoms with Crippen LogP contribution in [-0.2, 0) is 9.53 Å². The minimum Gasteiger partial charge on any atom is -0.497 e. The molecule has 0 saturated heterocycles. The predicted octanol–water partition coefficient (Wildman–Crippen LogP) is 3.11. The molecule has 1 amide bonds. The predicted molar refractivity (Wildman–Crippen MR) is 94.7 cm³/mol. The lowest BCUT2D eigenvalue weighted by Crippen LogP contribution is -2.14. The fraction of sp³-hybridized carbons (Fsp3) is 0.167. The zero-order valence-electron chi connectivity index (χ0n) is 13.5. The van der Waals surface area contributed by atoms with Crippen LogP contribution in [-0.4, -0.2) is 31.3 Å². The van der Waals surface area contributed by atoms with Crippen LogP contribution in [0.25, 0.3) is 0 Å². The van der Waals surface area contributed by atoms with E-state index < -0.39 is 5.97 Å². The third-order valence-electron chi connectivity index (χ3n) is 3.09. The summed E-state index contributed by atoms with van der Waals surface area (Å²) in [5.74, 6) is -0.0212. The van der Waals surface area contributed by atoms with Crippen molar-refractivity contribution in [2.45, 2.75) is 4.90 Å². The van der Waals surface area contributed by atoms with Gasteiger partial charge in [-0.3, -0.25) is 4.79 Å². The fourth-order valence-corrected chi connectivity index (χ4v) is 2.82. The summed E-state index contributed by atoms with van der Waals surface area (Å²) >= 11 is 1.22. The number of nitriles is 1. The highest BCUT2D eigenvalue weighted by Crippen LogP contribution is 2.24. The van der Waals surface area contributed by atoms with E-state index in [4.69, 9.17) is 14.7 Å². The van der Waals surface area contributed by atoms with Gasteiger partial charge in [-0.25, -0.2) is 4.79 Å². The maximum atomic E-state index is 12.1. The molecule has 7 heteroatoms. The van der Waals surface area contributed by atoms with Crippen molar-refractivity contribution in [3.8, 4) is 11.8 Å². The molecule has 0 fully saturated rings. The van der Waals surface area contributed by atoms with Crippen LogP contribution in [0.5, 0.6) is 5.75 Å². The first-order valence-corrected chi connectivity index (χ1v) is 8.32. The summed E-state index contributed by atoms with van der Waals surface area (Å²) < 4.78 is 9.93. The smallest absolute Gasteiger partial charge is 0.340 e. The van der Waals surface area contributed by atoms with Crippen molar-refractivity contribution in [2.24, 2.45) is 0 Å². The van der Waals surface area contributed by atoms with Gasteiger partial charge in [-0.1, -0.05) is 18.2 Å². The molecule has 0 saturated carbocycles. The van der Waals surface area contributed by atoms with E-state index in [-0.39, 0.29) is 18.3 Å². The summed E-state index contributed by atoms with van der Waals surface area (Å²) in [6.45, 7) is -0.311. The number of carbonyl (C=O) groups excluding carboxylic acids is 2. The number of thioether (sulfide) groups is 1. The van der Waals surface area contributed by atoms with Gasteiger partial charge in [-0.2, -0.15) is 5.26 Å². The Labute approximate surface area is 149 Å². The number of hydrogen-bond donors (Lipinski definition) is 1. The van der Waals surface area contributed by atoms with E-state index in [0.717, 1.165) is 0 Å². The van der Waals surface area contributed by atoms with Gasteiger partial charge in [0.15, 0.2) is 6.61 Å². The maximum absolute atomic E-state index is 12.1. The quantitative estimate of drug-likeness (QED) is 0.606. The van der Waals surface area contributed by atoms with Crippen LogP contribution >= 0.6 is 11.8 Å². The molecule has 0 aliphatic carbocycles. The van der Waals surface area contributed by atoms with Gasteiger partial charge >= 0.3 is 5.97 Å². The van der Waals surface area contributed by atoms with E-state index in [2.05, 4.69) is 5.32 Å². The Kier molecular flexibility index (Phi) is 6.87. The molecule has 2 aromatic rings. The zero-order valence-corrected chi connectivity index (χ0v) is 14.3. The van der Waals surface area contributed by atoms with Gasteiger partial charge in [0.2, 0.25) is 5.91 Å². The van der Waals surface area contributed by atoms with Crippen LogP contribution in [0, 0.1) is 11.3 Å². The van der Waals surface area contributed by atoms with Crippen molar-refractivity contribution in [3.63, 3.8) is 0 Å². The number of rotatable bonds is 7. The van der Waals surface area contributed by atoms with Crippen LogP contribution in [0.4, 0.5) is 5.69 Å². The Morgan fingerprint density at radius 1 is 1.20 bits per heavy atom. The minimum atomic E-state index is -0.585. The molecule has 6 nitrogen and oxygen atoms in total. The molecule has 2 aromatic carbocycles. The van der Waals surface area contributed by atoms with Gasteiger partial charge in [0.05, 0.1) is 18.4 Å². The summed E-state index contributed by atoms with van der Waals surface area (Å²) in [4.78, 5) is 24.7. The minimum absolute atomic E-state index is 0.125. The molecule has 0 aliphatic heterocycles. The molecule has 0 aliphatic rings. The first-order valence-electron chi connectivity index (χ1n) is 7.34. The Hall–Kier alpha value is -2.98. The number of methoxy groups -OCH3 is 1. The summed E-state index contributed by atoms with van der Waals surface area (Å²) in [6, 6.07) is 15.6. The number of amides is 1. The van der Waals surface area contributed by atoms with Crippen molar-refractivity contribution in [3.05, 3.63) is 54.1 Å². The molecule has 0 aromatic heterocycles. The van der Waals surface area contributed by atoms with Crippen molar-refractivity contribution >= 4 is 29.3 Å². The Morgan fingerprint density at radius 3 is 2.76 bits per heavy atom. The van der Waals surface area contributed by atoms with E-state index in [0.29, 0.717) is 21.9 Å². The third-order valence-corrected chi connectivity index (χ3v) is 4.16. The van der Waals surface area contributed by atoms with Crippen LogP contribution in [0.2, 0.25) is 0 Å². The number of hydrogen-bond acceptors (Lipinski definition) is 6. The molecule has 0 bridgehead atoms. The first-order chi connectivity index (χ1) is 12.1. The molecular weight excluding hydrogens is 340 g/mol. The Bertz CT molecular complexity index is 802. The number of ether oxygens (including phenoxy) is 2. The largest absolute Gasteiger partial charge is 0.497 e. The number of anilines is 1. The number of nitrogens with zero attached hydrogens (tertiary/aromatic N) is 1. The molecule has 0 unspecified atom stereocenters. The van der Waals surface area contributed by atoms with E-state index in [1.54, 1.807) is 61.7 Å². The van der Waals surface area contributed by atoms with E-state index in [1.165, 1.54) is 11.8 Å².